The van der Waals surface area contributed by atoms with Crippen molar-refractivity contribution in [1.29, 1.82) is 5.26 Å². The highest BCUT2D eigenvalue weighted by molar-refractivity contribution is 14.1. The van der Waals surface area contributed by atoms with Gasteiger partial charge in [-0.3, -0.25) is 0 Å². The zero-order valence-electron chi connectivity index (χ0n) is 9.86. The van der Waals surface area contributed by atoms with Gasteiger partial charge >= 0.3 is 0 Å². The van der Waals surface area contributed by atoms with Crippen LogP contribution in [0.5, 0.6) is 5.75 Å². The summed E-state index contributed by atoms with van der Waals surface area (Å²) in [6, 6.07) is 11.5. The van der Waals surface area contributed by atoms with Gasteiger partial charge in [-0.1, -0.05) is 12.1 Å². The first kappa shape index (κ1) is 13.6. The molecular weight excluding hydrogens is 358 g/mol. The predicted octanol–water partition coefficient (Wildman–Crippen LogP) is 3.46. The zero-order chi connectivity index (χ0) is 13.8. The van der Waals surface area contributed by atoms with Gasteiger partial charge in [-0.05, 0) is 52.4 Å². The van der Waals surface area contributed by atoms with E-state index in [9.17, 15) is 4.39 Å². The molecule has 2 aromatic carbocycles. The van der Waals surface area contributed by atoms with Crippen LogP contribution in [0.3, 0.4) is 0 Å². The van der Waals surface area contributed by atoms with Gasteiger partial charge in [0.25, 0.3) is 0 Å². The third-order valence-electron chi connectivity index (χ3n) is 2.47. The molecule has 0 aliphatic heterocycles. The molecule has 0 aliphatic carbocycles. The largest absolute Gasteiger partial charge is 0.486 e. The van der Waals surface area contributed by atoms with Gasteiger partial charge in [0.1, 0.15) is 12.4 Å². The van der Waals surface area contributed by atoms with Crippen molar-refractivity contribution in [2.24, 2.45) is 0 Å². The van der Waals surface area contributed by atoms with Gasteiger partial charge in [0.2, 0.25) is 0 Å². The molecule has 0 bridgehead atoms. The maximum absolute atomic E-state index is 13.0. The molecule has 0 heterocycles. The van der Waals surface area contributed by atoms with Gasteiger partial charge in [-0.25, -0.2) is 4.39 Å². The molecular formula is C14H10FIN2O. The minimum atomic E-state index is -0.302. The Morgan fingerprint density at radius 1 is 1.32 bits per heavy atom. The lowest BCUT2D eigenvalue weighted by Crippen LogP contribution is -2.01. The molecule has 2 aromatic rings. The molecule has 0 aliphatic rings. The molecule has 0 spiro atoms. The van der Waals surface area contributed by atoms with E-state index < -0.39 is 0 Å². The van der Waals surface area contributed by atoms with Crippen LogP contribution in [0.1, 0.15) is 11.1 Å². The average molecular weight is 368 g/mol. The molecule has 2 rings (SSSR count). The van der Waals surface area contributed by atoms with E-state index in [-0.39, 0.29) is 12.4 Å². The Kier molecular flexibility index (Phi) is 4.22. The summed E-state index contributed by atoms with van der Waals surface area (Å²) in [5.41, 5.74) is 7.45. The predicted molar refractivity (Wildman–Crippen MR) is 79.0 cm³/mol. The van der Waals surface area contributed by atoms with Gasteiger partial charge in [-0.15, -0.1) is 0 Å². The number of anilines is 1. The number of ether oxygens (including phenoxy) is 1. The van der Waals surface area contributed by atoms with Crippen LogP contribution in [0.25, 0.3) is 0 Å². The second-order valence-electron chi connectivity index (χ2n) is 3.91. The molecule has 0 unspecified atom stereocenters. The molecule has 5 heteroatoms. The summed E-state index contributed by atoms with van der Waals surface area (Å²) in [5.74, 6) is 0.215. The molecule has 0 saturated heterocycles. The van der Waals surface area contributed by atoms with E-state index in [1.807, 2.05) is 6.07 Å². The lowest BCUT2D eigenvalue weighted by atomic mass is 10.2. The van der Waals surface area contributed by atoms with Crippen LogP contribution in [-0.2, 0) is 6.61 Å². The third-order valence-corrected chi connectivity index (χ3v) is 3.27. The monoisotopic (exact) mass is 368 g/mol. The van der Waals surface area contributed by atoms with Crippen LogP contribution in [0.4, 0.5) is 10.1 Å². The standard InChI is InChI=1S/C14H10FIN2O/c15-11-3-1-2-9(4-11)8-19-14-12(16)5-10(7-17)6-13(14)18/h1-6H,8,18H2. The number of rotatable bonds is 3. The summed E-state index contributed by atoms with van der Waals surface area (Å²) >= 11 is 2.05. The second kappa shape index (κ2) is 5.89. The van der Waals surface area contributed by atoms with Crippen LogP contribution in [0.15, 0.2) is 36.4 Å². The van der Waals surface area contributed by atoms with E-state index >= 15 is 0 Å². The van der Waals surface area contributed by atoms with Crippen molar-refractivity contribution in [2.45, 2.75) is 6.61 Å². The first-order chi connectivity index (χ1) is 9.10. The fourth-order valence-corrected chi connectivity index (χ4v) is 2.42. The Labute approximate surface area is 123 Å². The SMILES string of the molecule is N#Cc1cc(N)c(OCc2cccc(F)c2)c(I)c1. The Morgan fingerprint density at radius 2 is 2.11 bits per heavy atom. The summed E-state index contributed by atoms with van der Waals surface area (Å²) in [7, 11) is 0. The highest BCUT2D eigenvalue weighted by Gasteiger charge is 2.09. The number of nitriles is 1. The van der Waals surface area contributed by atoms with Gasteiger partial charge < -0.3 is 10.5 Å². The third kappa shape index (κ3) is 3.35. The fourth-order valence-electron chi connectivity index (χ4n) is 1.61. The maximum Gasteiger partial charge on any atom is 0.156 e. The molecule has 96 valence electrons. The minimum absolute atomic E-state index is 0.226. The average Bonchev–Trinajstić information content (AvgIpc) is 2.37. The summed E-state index contributed by atoms with van der Waals surface area (Å²) in [4.78, 5) is 0. The van der Waals surface area contributed by atoms with E-state index in [0.717, 1.165) is 9.13 Å². The first-order valence-electron chi connectivity index (χ1n) is 5.46. The Morgan fingerprint density at radius 3 is 2.74 bits per heavy atom. The zero-order valence-corrected chi connectivity index (χ0v) is 12.0. The van der Waals surface area contributed by atoms with Crippen LogP contribution in [0.2, 0.25) is 0 Å². The van der Waals surface area contributed by atoms with E-state index in [0.29, 0.717) is 17.0 Å². The van der Waals surface area contributed by atoms with Crippen molar-refractivity contribution in [3.8, 4) is 11.8 Å². The molecule has 0 amide bonds. The van der Waals surface area contributed by atoms with Crippen LogP contribution >= 0.6 is 22.6 Å². The van der Waals surface area contributed by atoms with Crippen molar-refractivity contribution >= 4 is 28.3 Å². The maximum atomic E-state index is 13.0. The van der Waals surface area contributed by atoms with E-state index in [4.69, 9.17) is 15.7 Å². The van der Waals surface area contributed by atoms with Gasteiger partial charge in [-0.2, -0.15) is 5.26 Å². The number of benzene rings is 2. The van der Waals surface area contributed by atoms with Gasteiger partial charge in [0.15, 0.2) is 5.75 Å². The summed E-state index contributed by atoms with van der Waals surface area (Å²) in [5, 5.41) is 8.82. The van der Waals surface area contributed by atoms with Crippen molar-refractivity contribution in [3.63, 3.8) is 0 Å². The number of hydrogen-bond acceptors (Lipinski definition) is 3. The molecule has 0 radical (unpaired) electrons. The highest BCUT2D eigenvalue weighted by atomic mass is 127. The topological polar surface area (TPSA) is 59.0 Å². The number of hydrogen-bond donors (Lipinski definition) is 1. The quantitative estimate of drug-likeness (QED) is 0.667. The van der Waals surface area contributed by atoms with Crippen LogP contribution in [-0.4, -0.2) is 0 Å². The van der Waals surface area contributed by atoms with Gasteiger partial charge in [0, 0.05) is 0 Å². The molecule has 2 N–H and O–H groups in total. The number of nitrogens with zero attached hydrogens (tertiary/aromatic N) is 1. The fraction of sp³-hybridized carbons (Fsp3) is 0.0714. The first-order valence-corrected chi connectivity index (χ1v) is 6.54. The van der Waals surface area contributed by atoms with Gasteiger partial charge in [0.05, 0.1) is 20.9 Å². The molecule has 0 aromatic heterocycles. The normalized spacial score (nSPS) is 9.95. The van der Waals surface area contributed by atoms with E-state index in [2.05, 4.69) is 22.6 Å². The Bertz CT molecular complexity index is 629. The minimum Gasteiger partial charge on any atom is -0.486 e. The van der Waals surface area contributed by atoms with Crippen LogP contribution in [0, 0.1) is 20.7 Å². The molecule has 19 heavy (non-hydrogen) atoms. The van der Waals surface area contributed by atoms with E-state index in [1.165, 1.54) is 12.1 Å². The number of nitrogen functional groups attached to an aromatic ring is 1. The summed E-state index contributed by atoms with van der Waals surface area (Å²) in [6.45, 7) is 0.226. The summed E-state index contributed by atoms with van der Waals surface area (Å²) in [6.07, 6.45) is 0. The van der Waals surface area contributed by atoms with Crippen LogP contribution < -0.4 is 10.5 Å². The number of nitrogens with two attached hydrogens (primary N) is 1. The lowest BCUT2D eigenvalue weighted by Gasteiger charge is -2.11. The van der Waals surface area contributed by atoms with Crippen molar-refractivity contribution in [1.82, 2.24) is 0 Å². The highest BCUT2D eigenvalue weighted by Crippen LogP contribution is 2.30. The molecule has 0 saturated carbocycles. The smallest absolute Gasteiger partial charge is 0.156 e. The molecule has 0 fully saturated rings. The Hall–Kier alpha value is -1.81. The second-order valence-corrected chi connectivity index (χ2v) is 5.07. The van der Waals surface area contributed by atoms with Crippen molar-refractivity contribution < 1.29 is 9.13 Å². The molecule has 3 nitrogen and oxygen atoms in total. The van der Waals surface area contributed by atoms with Crippen molar-refractivity contribution in [2.75, 3.05) is 5.73 Å². The van der Waals surface area contributed by atoms with E-state index in [1.54, 1.807) is 24.3 Å². The lowest BCUT2D eigenvalue weighted by molar-refractivity contribution is 0.305. The summed E-state index contributed by atoms with van der Waals surface area (Å²) < 4.78 is 19.4. The molecule has 0 atom stereocenters. The van der Waals surface area contributed by atoms with Crippen molar-refractivity contribution in [3.05, 3.63) is 56.9 Å². The number of halogens is 2. The Balaban J connectivity index is 2.18.